The molecule has 1 amide bonds. The van der Waals surface area contributed by atoms with E-state index in [9.17, 15) is 23.8 Å². The second kappa shape index (κ2) is 8.45. The standard InChI is InChI=1S/C20H22F2N2O3/c21-18-5-4-14(10-19(18)22)12-23-7-8-24(13-16(23)6-9-25)20(27)15-2-1-3-17(26)11-15/h1-5,10-11,16,25-26H,6-9,12-13H2. The Morgan fingerprint density at radius 1 is 1.11 bits per heavy atom. The van der Waals surface area contributed by atoms with E-state index in [1.165, 1.54) is 18.2 Å². The summed E-state index contributed by atoms with van der Waals surface area (Å²) in [5.74, 6) is -1.91. The van der Waals surface area contributed by atoms with Crippen molar-refractivity contribution in [1.29, 1.82) is 0 Å². The lowest BCUT2D eigenvalue weighted by Gasteiger charge is -2.41. The van der Waals surface area contributed by atoms with Crippen molar-refractivity contribution < 1.29 is 23.8 Å². The predicted molar refractivity (Wildman–Crippen MR) is 96.3 cm³/mol. The molecule has 1 atom stereocenters. The predicted octanol–water partition coefficient (Wildman–Crippen LogP) is 2.38. The summed E-state index contributed by atoms with van der Waals surface area (Å²) in [6.07, 6.45) is 0.466. The molecule has 1 aliphatic rings. The van der Waals surface area contributed by atoms with Crippen molar-refractivity contribution in [3.05, 3.63) is 65.2 Å². The second-order valence-electron chi connectivity index (χ2n) is 6.69. The van der Waals surface area contributed by atoms with Gasteiger partial charge in [0.05, 0.1) is 0 Å². The maximum atomic E-state index is 13.5. The Morgan fingerprint density at radius 3 is 2.63 bits per heavy atom. The van der Waals surface area contributed by atoms with Crippen LogP contribution in [0.4, 0.5) is 8.78 Å². The molecule has 0 radical (unpaired) electrons. The van der Waals surface area contributed by atoms with Crippen LogP contribution in [-0.4, -0.2) is 58.2 Å². The lowest BCUT2D eigenvalue weighted by Crippen LogP contribution is -2.54. The summed E-state index contributed by atoms with van der Waals surface area (Å²) in [4.78, 5) is 16.4. The smallest absolute Gasteiger partial charge is 0.254 e. The normalized spacial score (nSPS) is 17.9. The third-order valence-electron chi connectivity index (χ3n) is 4.82. The number of halogens is 2. The average molecular weight is 376 g/mol. The number of phenolic OH excluding ortho intramolecular Hbond substituents is 1. The second-order valence-corrected chi connectivity index (χ2v) is 6.69. The van der Waals surface area contributed by atoms with Crippen molar-refractivity contribution in [2.45, 2.75) is 19.0 Å². The van der Waals surface area contributed by atoms with Crippen LogP contribution in [0.15, 0.2) is 42.5 Å². The molecule has 0 bridgehead atoms. The number of hydrogen-bond donors (Lipinski definition) is 2. The first-order valence-electron chi connectivity index (χ1n) is 8.85. The molecule has 1 unspecified atom stereocenters. The van der Waals surface area contributed by atoms with Crippen molar-refractivity contribution in [2.24, 2.45) is 0 Å². The summed E-state index contributed by atoms with van der Waals surface area (Å²) in [5.41, 5.74) is 1.05. The van der Waals surface area contributed by atoms with Crippen LogP contribution in [0.25, 0.3) is 0 Å². The number of benzene rings is 2. The number of aliphatic hydroxyl groups excluding tert-OH is 1. The van der Waals surface area contributed by atoms with Crippen molar-refractivity contribution in [2.75, 3.05) is 26.2 Å². The Morgan fingerprint density at radius 2 is 1.93 bits per heavy atom. The molecule has 0 saturated carbocycles. The molecule has 0 aromatic heterocycles. The first-order chi connectivity index (χ1) is 13.0. The van der Waals surface area contributed by atoms with E-state index >= 15 is 0 Å². The lowest BCUT2D eigenvalue weighted by atomic mass is 10.1. The molecule has 0 aliphatic carbocycles. The highest BCUT2D eigenvalue weighted by molar-refractivity contribution is 5.94. The van der Waals surface area contributed by atoms with Gasteiger partial charge in [0.25, 0.3) is 5.91 Å². The summed E-state index contributed by atoms with van der Waals surface area (Å²) in [7, 11) is 0. The molecule has 5 nitrogen and oxygen atoms in total. The highest BCUT2D eigenvalue weighted by Crippen LogP contribution is 2.20. The van der Waals surface area contributed by atoms with E-state index in [1.807, 2.05) is 0 Å². The largest absolute Gasteiger partial charge is 0.508 e. The molecule has 0 spiro atoms. The molecule has 3 rings (SSSR count). The fourth-order valence-corrected chi connectivity index (χ4v) is 3.40. The van der Waals surface area contributed by atoms with E-state index in [-0.39, 0.29) is 24.3 Å². The van der Waals surface area contributed by atoms with Crippen molar-refractivity contribution in [3.8, 4) is 5.75 Å². The molecule has 2 aromatic carbocycles. The van der Waals surface area contributed by atoms with Crippen LogP contribution in [0, 0.1) is 11.6 Å². The minimum Gasteiger partial charge on any atom is -0.508 e. The molecule has 7 heteroatoms. The van der Waals surface area contributed by atoms with Gasteiger partial charge in [-0.1, -0.05) is 12.1 Å². The van der Waals surface area contributed by atoms with Gasteiger partial charge in [0, 0.05) is 44.4 Å². The molecule has 1 aliphatic heterocycles. The van der Waals surface area contributed by atoms with Crippen LogP contribution < -0.4 is 0 Å². The van der Waals surface area contributed by atoms with Crippen LogP contribution in [0.2, 0.25) is 0 Å². The van der Waals surface area contributed by atoms with Crippen LogP contribution in [0.1, 0.15) is 22.3 Å². The average Bonchev–Trinajstić information content (AvgIpc) is 2.66. The number of rotatable bonds is 5. The highest BCUT2D eigenvalue weighted by Gasteiger charge is 2.30. The van der Waals surface area contributed by atoms with Gasteiger partial charge in [0.1, 0.15) is 5.75 Å². The van der Waals surface area contributed by atoms with E-state index in [2.05, 4.69) is 4.90 Å². The molecule has 2 aromatic rings. The number of aromatic hydroxyl groups is 1. The van der Waals surface area contributed by atoms with Crippen LogP contribution in [0.5, 0.6) is 5.75 Å². The number of phenols is 1. The minimum atomic E-state index is -0.885. The van der Waals surface area contributed by atoms with Crippen LogP contribution >= 0.6 is 0 Å². The topological polar surface area (TPSA) is 64.0 Å². The third-order valence-corrected chi connectivity index (χ3v) is 4.82. The number of aliphatic hydroxyl groups is 1. The van der Waals surface area contributed by atoms with Crippen LogP contribution in [-0.2, 0) is 6.54 Å². The molecule has 2 N–H and O–H groups in total. The van der Waals surface area contributed by atoms with Crippen molar-refractivity contribution >= 4 is 5.91 Å². The SMILES string of the molecule is O=C(c1cccc(O)c1)N1CCN(Cc2ccc(F)c(F)c2)C(CCO)C1. The highest BCUT2D eigenvalue weighted by atomic mass is 19.2. The minimum absolute atomic E-state index is 0.0322. The zero-order valence-corrected chi connectivity index (χ0v) is 14.8. The van der Waals surface area contributed by atoms with Gasteiger partial charge in [-0.3, -0.25) is 9.69 Å². The van der Waals surface area contributed by atoms with E-state index in [4.69, 9.17) is 0 Å². The zero-order chi connectivity index (χ0) is 19.4. The number of carbonyl (C=O) groups excluding carboxylic acids is 1. The number of amides is 1. The molecule has 1 saturated heterocycles. The summed E-state index contributed by atoms with van der Waals surface area (Å²) >= 11 is 0. The summed E-state index contributed by atoms with van der Waals surface area (Å²) in [5, 5.41) is 19.0. The first-order valence-corrected chi connectivity index (χ1v) is 8.85. The Hall–Kier alpha value is -2.51. The van der Waals surface area contributed by atoms with Gasteiger partial charge in [0.2, 0.25) is 0 Å². The molecule has 1 heterocycles. The maximum absolute atomic E-state index is 13.5. The Labute approximate surface area is 156 Å². The molecule has 27 heavy (non-hydrogen) atoms. The van der Waals surface area contributed by atoms with E-state index < -0.39 is 11.6 Å². The van der Waals surface area contributed by atoms with Gasteiger partial charge in [-0.05, 0) is 42.3 Å². The number of nitrogens with zero attached hydrogens (tertiary/aromatic N) is 2. The van der Waals surface area contributed by atoms with E-state index in [0.29, 0.717) is 43.7 Å². The maximum Gasteiger partial charge on any atom is 0.254 e. The Kier molecular flexibility index (Phi) is 6.03. The van der Waals surface area contributed by atoms with E-state index in [1.54, 1.807) is 23.1 Å². The molecule has 144 valence electrons. The van der Waals surface area contributed by atoms with Crippen molar-refractivity contribution in [1.82, 2.24) is 9.80 Å². The van der Waals surface area contributed by atoms with Gasteiger partial charge in [-0.15, -0.1) is 0 Å². The van der Waals surface area contributed by atoms with E-state index in [0.717, 1.165) is 6.07 Å². The number of carbonyl (C=O) groups is 1. The quantitative estimate of drug-likeness (QED) is 0.841. The van der Waals surface area contributed by atoms with Crippen LogP contribution in [0.3, 0.4) is 0 Å². The van der Waals surface area contributed by atoms with Gasteiger partial charge < -0.3 is 15.1 Å². The molecular formula is C20H22F2N2O3. The Balaban J connectivity index is 1.70. The fraction of sp³-hybridized carbons (Fsp3) is 0.350. The number of hydrogen-bond acceptors (Lipinski definition) is 4. The van der Waals surface area contributed by atoms with Gasteiger partial charge in [-0.2, -0.15) is 0 Å². The fourth-order valence-electron chi connectivity index (χ4n) is 3.40. The first kappa shape index (κ1) is 19.3. The lowest BCUT2D eigenvalue weighted by molar-refractivity contribution is 0.0394. The monoisotopic (exact) mass is 376 g/mol. The third kappa shape index (κ3) is 4.61. The molecule has 1 fully saturated rings. The summed E-state index contributed by atoms with van der Waals surface area (Å²) < 4.78 is 26.6. The summed E-state index contributed by atoms with van der Waals surface area (Å²) in [6, 6.07) is 9.92. The van der Waals surface area contributed by atoms with Gasteiger partial charge >= 0.3 is 0 Å². The zero-order valence-electron chi connectivity index (χ0n) is 14.8. The Bertz CT molecular complexity index is 816. The van der Waals surface area contributed by atoms with Gasteiger partial charge in [0.15, 0.2) is 11.6 Å². The summed E-state index contributed by atoms with van der Waals surface area (Å²) in [6.45, 7) is 1.82. The number of piperazine rings is 1. The van der Waals surface area contributed by atoms with Gasteiger partial charge in [-0.25, -0.2) is 8.78 Å². The van der Waals surface area contributed by atoms with Crippen molar-refractivity contribution in [3.63, 3.8) is 0 Å². The molecular weight excluding hydrogens is 354 g/mol.